The maximum Gasteiger partial charge on any atom is 0.225 e. The Kier molecular flexibility index (Phi) is 7.91. The molecular weight excluding hydrogens is 406 g/mol. The maximum absolute atomic E-state index is 11.2. The van der Waals surface area contributed by atoms with E-state index in [0.717, 1.165) is 64.5 Å². The summed E-state index contributed by atoms with van der Waals surface area (Å²) in [7, 11) is 2.06. The van der Waals surface area contributed by atoms with Crippen LogP contribution in [0.2, 0.25) is 0 Å². The van der Waals surface area contributed by atoms with Gasteiger partial charge in [-0.05, 0) is 43.7 Å². The zero-order chi connectivity index (χ0) is 22.2. The molecule has 174 valence electrons. The zero-order valence-electron chi connectivity index (χ0n) is 19.0. The topological polar surface area (TPSA) is 74.2 Å². The van der Waals surface area contributed by atoms with E-state index < -0.39 is 5.60 Å². The summed E-state index contributed by atoms with van der Waals surface area (Å²) >= 11 is 0. The van der Waals surface area contributed by atoms with Gasteiger partial charge in [0, 0.05) is 51.7 Å². The molecule has 3 heterocycles. The van der Waals surface area contributed by atoms with E-state index in [0.29, 0.717) is 25.6 Å². The fraction of sp³-hybridized carbons (Fsp3) is 0.583. The average Bonchev–Trinajstić information content (AvgIpc) is 2.81. The highest BCUT2D eigenvalue weighted by Crippen LogP contribution is 2.25. The molecule has 2 aliphatic heterocycles. The van der Waals surface area contributed by atoms with Crippen molar-refractivity contribution in [2.45, 2.75) is 25.0 Å². The molecule has 32 heavy (non-hydrogen) atoms. The molecule has 2 fully saturated rings. The molecule has 8 heteroatoms. The van der Waals surface area contributed by atoms with Gasteiger partial charge in [0.15, 0.2) is 0 Å². The molecule has 0 aliphatic carbocycles. The molecule has 2 saturated heterocycles. The molecule has 0 radical (unpaired) electrons. The predicted octanol–water partition coefficient (Wildman–Crippen LogP) is 1.65. The van der Waals surface area contributed by atoms with Crippen LogP contribution in [0.15, 0.2) is 42.7 Å². The Morgan fingerprint density at radius 1 is 1.12 bits per heavy atom. The minimum atomic E-state index is -0.769. The fourth-order valence-electron chi connectivity index (χ4n) is 4.55. The lowest BCUT2D eigenvalue weighted by atomic mass is 9.92. The van der Waals surface area contributed by atoms with Crippen LogP contribution in [0.1, 0.15) is 18.4 Å². The quantitative estimate of drug-likeness (QED) is 0.630. The van der Waals surface area contributed by atoms with Crippen LogP contribution in [-0.2, 0) is 11.3 Å². The van der Waals surface area contributed by atoms with Gasteiger partial charge >= 0.3 is 0 Å². The summed E-state index contributed by atoms with van der Waals surface area (Å²) in [4.78, 5) is 15.3. The monoisotopic (exact) mass is 441 g/mol. The molecule has 2 aromatic rings. The van der Waals surface area contributed by atoms with E-state index in [1.165, 1.54) is 5.56 Å². The smallest absolute Gasteiger partial charge is 0.225 e. The first-order chi connectivity index (χ1) is 15.6. The molecule has 0 spiro atoms. The molecule has 0 unspecified atom stereocenters. The second kappa shape index (κ2) is 11.0. The molecule has 0 bridgehead atoms. The molecule has 1 aromatic carbocycles. The van der Waals surface area contributed by atoms with Gasteiger partial charge in [0.2, 0.25) is 5.95 Å². The molecule has 0 saturated carbocycles. The van der Waals surface area contributed by atoms with Gasteiger partial charge in [-0.1, -0.05) is 12.1 Å². The number of aliphatic hydroxyl groups is 1. The second-order valence-corrected chi connectivity index (χ2v) is 8.92. The van der Waals surface area contributed by atoms with Crippen molar-refractivity contribution < 1.29 is 14.6 Å². The SMILES string of the molecule is CN(Cc1ccc(OCCN2CCOCC2)cc1)C[C@]1(O)CCCN(c2ncccn2)C1. The minimum Gasteiger partial charge on any atom is -0.492 e. The van der Waals surface area contributed by atoms with Gasteiger partial charge in [0.25, 0.3) is 0 Å². The number of nitrogens with zero attached hydrogens (tertiary/aromatic N) is 5. The Balaban J connectivity index is 1.23. The maximum atomic E-state index is 11.2. The van der Waals surface area contributed by atoms with Crippen molar-refractivity contribution in [1.82, 2.24) is 19.8 Å². The van der Waals surface area contributed by atoms with Gasteiger partial charge in [-0.2, -0.15) is 0 Å². The molecule has 1 N–H and O–H groups in total. The van der Waals surface area contributed by atoms with E-state index in [-0.39, 0.29) is 0 Å². The van der Waals surface area contributed by atoms with Crippen LogP contribution in [0.5, 0.6) is 5.75 Å². The first-order valence-corrected chi connectivity index (χ1v) is 11.5. The molecule has 1 aromatic heterocycles. The fourth-order valence-corrected chi connectivity index (χ4v) is 4.55. The molecule has 8 nitrogen and oxygen atoms in total. The van der Waals surface area contributed by atoms with E-state index in [1.54, 1.807) is 12.4 Å². The third-order valence-electron chi connectivity index (χ3n) is 6.11. The van der Waals surface area contributed by atoms with Crippen molar-refractivity contribution in [1.29, 1.82) is 0 Å². The van der Waals surface area contributed by atoms with E-state index in [9.17, 15) is 5.11 Å². The van der Waals surface area contributed by atoms with E-state index in [4.69, 9.17) is 9.47 Å². The van der Waals surface area contributed by atoms with Crippen molar-refractivity contribution in [2.75, 3.05) is 71.0 Å². The number of anilines is 1. The molecule has 2 aliphatic rings. The highest BCUT2D eigenvalue weighted by Gasteiger charge is 2.35. The third-order valence-corrected chi connectivity index (χ3v) is 6.11. The van der Waals surface area contributed by atoms with E-state index in [2.05, 4.69) is 43.8 Å². The van der Waals surface area contributed by atoms with Crippen molar-refractivity contribution in [2.24, 2.45) is 0 Å². The van der Waals surface area contributed by atoms with Gasteiger partial charge in [-0.25, -0.2) is 9.97 Å². The standard InChI is InChI=1S/C24H35N5O3/c1-27(19-24(30)8-2-11-29(20-24)23-25-9-3-10-26-23)18-21-4-6-22(7-5-21)32-17-14-28-12-15-31-16-13-28/h3-7,9-10,30H,2,8,11-20H2,1H3/t24-/m1/s1. The lowest BCUT2D eigenvalue weighted by Gasteiger charge is -2.41. The number of ether oxygens (including phenoxy) is 2. The predicted molar refractivity (Wildman–Crippen MR) is 124 cm³/mol. The van der Waals surface area contributed by atoms with Crippen LogP contribution in [0.25, 0.3) is 0 Å². The first-order valence-electron chi connectivity index (χ1n) is 11.5. The Bertz CT molecular complexity index is 816. The first kappa shape index (κ1) is 22.9. The van der Waals surface area contributed by atoms with Crippen molar-refractivity contribution in [3.05, 3.63) is 48.3 Å². The molecule has 0 amide bonds. The van der Waals surface area contributed by atoms with Crippen LogP contribution < -0.4 is 9.64 Å². The van der Waals surface area contributed by atoms with Gasteiger partial charge < -0.3 is 19.5 Å². The largest absolute Gasteiger partial charge is 0.492 e. The van der Waals surface area contributed by atoms with Crippen LogP contribution in [-0.4, -0.2) is 96.6 Å². The zero-order valence-corrected chi connectivity index (χ0v) is 19.0. The molecule has 1 atom stereocenters. The summed E-state index contributed by atoms with van der Waals surface area (Å²) in [6.07, 6.45) is 5.21. The Labute approximate surface area is 190 Å². The Morgan fingerprint density at radius 3 is 2.62 bits per heavy atom. The minimum absolute atomic E-state index is 0.553. The summed E-state index contributed by atoms with van der Waals surface area (Å²) in [5.74, 6) is 1.59. The highest BCUT2D eigenvalue weighted by molar-refractivity contribution is 5.31. The number of likely N-dealkylation sites (N-methyl/N-ethyl adjacent to an activating group) is 1. The normalized spacial score (nSPS) is 22.3. The highest BCUT2D eigenvalue weighted by atomic mass is 16.5. The van der Waals surface area contributed by atoms with Crippen molar-refractivity contribution in [3.63, 3.8) is 0 Å². The van der Waals surface area contributed by atoms with E-state index >= 15 is 0 Å². The van der Waals surface area contributed by atoms with Crippen LogP contribution in [0.4, 0.5) is 5.95 Å². The van der Waals surface area contributed by atoms with Gasteiger partial charge in [-0.3, -0.25) is 9.80 Å². The average molecular weight is 442 g/mol. The number of β-amino-alcohol motifs (C(OH)–C–C–N with tert-alkyl or cyclic N) is 1. The van der Waals surface area contributed by atoms with Gasteiger partial charge in [-0.15, -0.1) is 0 Å². The third kappa shape index (κ3) is 6.62. The van der Waals surface area contributed by atoms with Gasteiger partial charge in [0.1, 0.15) is 12.4 Å². The lowest BCUT2D eigenvalue weighted by Crippen LogP contribution is -2.54. The van der Waals surface area contributed by atoms with Crippen LogP contribution >= 0.6 is 0 Å². The number of hydrogen-bond acceptors (Lipinski definition) is 8. The second-order valence-electron chi connectivity index (χ2n) is 8.92. The summed E-state index contributed by atoms with van der Waals surface area (Å²) in [6, 6.07) is 10.1. The van der Waals surface area contributed by atoms with Crippen molar-refractivity contribution in [3.8, 4) is 5.75 Å². The Morgan fingerprint density at radius 2 is 1.88 bits per heavy atom. The summed E-state index contributed by atoms with van der Waals surface area (Å²) in [5, 5.41) is 11.2. The summed E-state index contributed by atoms with van der Waals surface area (Å²) in [6.45, 7) is 8.02. The molecule has 4 rings (SSSR count). The number of aromatic nitrogens is 2. The van der Waals surface area contributed by atoms with E-state index in [1.807, 2.05) is 18.2 Å². The number of morpholine rings is 1. The Hall–Kier alpha value is -2.26. The van der Waals surface area contributed by atoms with Crippen LogP contribution in [0, 0.1) is 0 Å². The number of rotatable bonds is 9. The van der Waals surface area contributed by atoms with Crippen molar-refractivity contribution >= 4 is 5.95 Å². The summed E-state index contributed by atoms with van der Waals surface area (Å²) < 4.78 is 11.3. The lowest BCUT2D eigenvalue weighted by molar-refractivity contribution is -0.00366. The number of piperidine rings is 1. The van der Waals surface area contributed by atoms with Crippen LogP contribution in [0.3, 0.4) is 0 Å². The summed E-state index contributed by atoms with van der Waals surface area (Å²) in [5.41, 5.74) is 0.435. The number of hydrogen-bond donors (Lipinski definition) is 1. The molecular formula is C24H35N5O3. The number of benzene rings is 1. The van der Waals surface area contributed by atoms with Gasteiger partial charge in [0.05, 0.1) is 25.4 Å².